The Balaban J connectivity index is 1.69. The van der Waals surface area contributed by atoms with Crippen LogP contribution in [0.15, 0.2) is 11.6 Å². The summed E-state index contributed by atoms with van der Waals surface area (Å²) in [7, 11) is 0. The molecule has 4 rings (SSSR count). The molecule has 0 radical (unpaired) electrons. The van der Waals surface area contributed by atoms with Crippen LogP contribution >= 0.6 is 0 Å². The molecule has 6 atom stereocenters. The number of fused-ring (bicyclic) bond motifs is 5. The van der Waals surface area contributed by atoms with Crippen LogP contribution in [0.25, 0.3) is 0 Å². The lowest BCUT2D eigenvalue weighted by atomic mass is 9.52. The van der Waals surface area contributed by atoms with Gasteiger partial charge in [-0.3, -0.25) is 4.79 Å². The molecular formula is C18H26O3. The molecule has 0 aromatic carbocycles. The third-order valence-corrected chi connectivity index (χ3v) is 7.33. The molecule has 0 saturated heterocycles. The Morgan fingerprint density at radius 1 is 1.19 bits per heavy atom. The summed E-state index contributed by atoms with van der Waals surface area (Å²) in [4.78, 5) is 11.7. The van der Waals surface area contributed by atoms with Crippen LogP contribution < -0.4 is 0 Å². The first-order chi connectivity index (χ1) is 9.95. The second-order valence-corrected chi connectivity index (χ2v) is 8.08. The lowest BCUT2D eigenvalue weighted by Crippen LogP contribution is -2.56. The summed E-state index contributed by atoms with van der Waals surface area (Å²) in [6.45, 7) is 4.74. The van der Waals surface area contributed by atoms with Crippen molar-refractivity contribution in [3.8, 4) is 0 Å². The van der Waals surface area contributed by atoms with Crippen molar-refractivity contribution in [1.82, 2.24) is 0 Å². The van der Waals surface area contributed by atoms with Crippen molar-refractivity contribution in [3.63, 3.8) is 0 Å². The minimum absolute atomic E-state index is 0.114. The standard InChI is InChI=1S/C18H26O3/c1-17-8-7-15-13(14(17)5-6-16(17)20)4-3-11-9-12(19)10-21-18(11,15)2/h9,13-16,20H,3-8,10H2,1-2H3/t13-,14-,15-,16-,17-,18-/m0/s1. The molecule has 0 unspecified atom stereocenters. The normalized spacial score (nSPS) is 52.7. The molecule has 3 heteroatoms. The summed E-state index contributed by atoms with van der Waals surface area (Å²) in [6.07, 6.45) is 8.23. The van der Waals surface area contributed by atoms with E-state index in [1.165, 1.54) is 5.57 Å². The van der Waals surface area contributed by atoms with E-state index in [1.807, 2.05) is 6.08 Å². The number of hydrogen-bond acceptors (Lipinski definition) is 3. The number of hydrogen-bond donors (Lipinski definition) is 1. The van der Waals surface area contributed by atoms with Gasteiger partial charge in [0.25, 0.3) is 0 Å². The molecule has 0 aromatic rings. The molecular weight excluding hydrogens is 264 g/mol. The average Bonchev–Trinajstić information content (AvgIpc) is 2.76. The highest BCUT2D eigenvalue weighted by Crippen LogP contribution is 2.62. The Morgan fingerprint density at radius 2 is 2.00 bits per heavy atom. The van der Waals surface area contributed by atoms with Gasteiger partial charge in [0.15, 0.2) is 5.78 Å². The zero-order valence-electron chi connectivity index (χ0n) is 13.1. The van der Waals surface area contributed by atoms with Gasteiger partial charge in [0.1, 0.15) is 6.61 Å². The largest absolute Gasteiger partial charge is 0.393 e. The van der Waals surface area contributed by atoms with Gasteiger partial charge in [0.05, 0.1) is 11.7 Å². The minimum atomic E-state index is -0.230. The molecule has 0 spiro atoms. The van der Waals surface area contributed by atoms with Crippen LogP contribution in [0.5, 0.6) is 0 Å². The summed E-state index contributed by atoms with van der Waals surface area (Å²) in [5.41, 5.74) is 1.11. The van der Waals surface area contributed by atoms with Crippen LogP contribution in [0.1, 0.15) is 52.4 Å². The molecule has 1 heterocycles. The molecule has 0 aromatic heterocycles. The van der Waals surface area contributed by atoms with E-state index in [2.05, 4.69) is 13.8 Å². The predicted molar refractivity (Wildman–Crippen MR) is 79.7 cm³/mol. The van der Waals surface area contributed by atoms with Crippen molar-refractivity contribution in [1.29, 1.82) is 0 Å². The van der Waals surface area contributed by atoms with Gasteiger partial charge in [0.2, 0.25) is 0 Å². The lowest BCUT2D eigenvalue weighted by molar-refractivity contribution is -0.150. The molecule has 1 N–H and O–H groups in total. The van der Waals surface area contributed by atoms with E-state index in [-0.39, 0.29) is 29.5 Å². The molecule has 3 fully saturated rings. The number of ketones is 1. The number of aliphatic hydroxyl groups excluding tert-OH is 1. The van der Waals surface area contributed by atoms with E-state index < -0.39 is 0 Å². The van der Waals surface area contributed by atoms with Gasteiger partial charge >= 0.3 is 0 Å². The Morgan fingerprint density at radius 3 is 2.81 bits per heavy atom. The number of aliphatic hydroxyl groups is 1. The third kappa shape index (κ3) is 1.77. The average molecular weight is 290 g/mol. The van der Waals surface area contributed by atoms with E-state index in [1.54, 1.807) is 0 Å². The van der Waals surface area contributed by atoms with E-state index in [0.717, 1.165) is 38.5 Å². The first-order valence-electron chi connectivity index (χ1n) is 8.51. The van der Waals surface area contributed by atoms with Crippen LogP contribution in [0, 0.1) is 23.2 Å². The van der Waals surface area contributed by atoms with Crippen molar-refractivity contribution >= 4 is 5.78 Å². The van der Waals surface area contributed by atoms with Crippen molar-refractivity contribution in [2.45, 2.75) is 64.1 Å². The van der Waals surface area contributed by atoms with E-state index in [0.29, 0.717) is 17.8 Å². The number of ether oxygens (including phenoxy) is 1. The van der Waals surface area contributed by atoms with Gasteiger partial charge in [-0.15, -0.1) is 0 Å². The molecule has 1 aliphatic heterocycles. The molecule has 0 amide bonds. The van der Waals surface area contributed by atoms with E-state index in [4.69, 9.17) is 4.74 Å². The van der Waals surface area contributed by atoms with Gasteiger partial charge in [-0.1, -0.05) is 6.92 Å². The molecule has 3 nitrogen and oxygen atoms in total. The Bertz CT molecular complexity index is 511. The van der Waals surface area contributed by atoms with Crippen LogP contribution in [0.4, 0.5) is 0 Å². The van der Waals surface area contributed by atoms with Crippen molar-refractivity contribution in [2.24, 2.45) is 23.2 Å². The quantitative estimate of drug-likeness (QED) is 0.746. The SMILES string of the molecule is C[C@]12CC[C@H]3[C@@H](CCC4=CC(=O)CO[C@@]43C)[C@@H]1CC[C@@H]2O. The second-order valence-electron chi connectivity index (χ2n) is 8.08. The van der Waals surface area contributed by atoms with E-state index in [9.17, 15) is 9.90 Å². The fourth-order valence-electron chi connectivity index (χ4n) is 6.03. The Kier molecular flexibility index (Phi) is 2.94. The molecule has 21 heavy (non-hydrogen) atoms. The first-order valence-corrected chi connectivity index (χ1v) is 8.51. The molecule has 0 bridgehead atoms. The number of carbonyl (C=O) groups excluding carboxylic acids is 1. The molecule has 116 valence electrons. The van der Waals surface area contributed by atoms with Gasteiger partial charge in [-0.25, -0.2) is 0 Å². The molecule has 3 aliphatic carbocycles. The van der Waals surface area contributed by atoms with Crippen molar-refractivity contribution in [3.05, 3.63) is 11.6 Å². The van der Waals surface area contributed by atoms with Gasteiger partial charge < -0.3 is 9.84 Å². The van der Waals surface area contributed by atoms with Crippen LogP contribution in [0.2, 0.25) is 0 Å². The van der Waals surface area contributed by atoms with Crippen LogP contribution in [0.3, 0.4) is 0 Å². The van der Waals surface area contributed by atoms with Crippen LogP contribution in [-0.4, -0.2) is 29.2 Å². The van der Waals surface area contributed by atoms with E-state index >= 15 is 0 Å². The van der Waals surface area contributed by atoms with Gasteiger partial charge in [-0.05, 0) is 80.3 Å². The summed E-state index contributed by atoms with van der Waals surface area (Å²) in [5, 5.41) is 10.4. The van der Waals surface area contributed by atoms with Gasteiger partial charge in [-0.2, -0.15) is 0 Å². The second kappa shape index (κ2) is 4.42. The third-order valence-electron chi connectivity index (χ3n) is 7.33. The highest BCUT2D eigenvalue weighted by atomic mass is 16.5. The Hall–Kier alpha value is -0.670. The predicted octanol–water partition coefficient (Wildman–Crippen LogP) is 2.87. The fraction of sp³-hybridized carbons (Fsp3) is 0.833. The topological polar surface area (TPSA) is 46.5 Å². The maximum absolute atomic E-state index is 11.7. The Labute approximate surface area is 126 Å². The monoisotopic (exact) mass is 290 g/mol. The molecule has 3 saturated carbocycles. The fourth-order valence-corrected chi connectivity index (χ4v) is 6.03. The van der Waals surface area contributed by atoms with Crippen molar-refractivity contribution < 1.29 is 14.6 Å². The zero-order chi connectivity index (χ0) is 14.8. The maximum atomic E-state index is 11.7. The molecule has 4 aliphatic rings. The summed E-state index contributed by atoms with van der Waals surface area (Å²) < 4.78 is 6.08. The minimum Gasteiger partial charge on any atom is -0.393 e. The highest BCUT2D eigenvalue weighted by Gasteiger charge is 2.59. The van der Waals surface area contributed by atoms with Crippen molar-refractivity contribution in [2.75, 3.05) is 6.61 Å². The number of rotatable bonds is 0. The summed E-state index contributed by atoms with van der Waals surface area (Å²) >= 11 is 0. The zero-order valence-corrected chi connectivity index (χ0v) is 13.1. The summed E-state index contributed by atoms with van der Waals surface area (Å²) in [5.74, 6) is 1.92. The van der Waals surface area contributed by atoms with Gasteiger partial charge in [0, 0.05) is 0 Å². The highest BCUT2D eigenvalue weighted by molar-refractivity contribution is 5.92. The lowest BCUT2D eigenvalue weighted by Gasteiger charge is -2.57. The number of carbonyl (C=O) groups is 1. The first kappa shape index (κ1) is 14.0. The smallest absolute Gasteiger partial charge is 0.181 e. The summed E-state index contributed by atoms with van der Waals surface area (Å²) in [6, 6.07) is 0. The van der Waals surface area contributed by atoms with Crippen LogP contribution in [-0.2, 0) is 9.53 Å². The maximum Gasteiger partial charge on any atom is 0.181 e.